The molecule has 0 fully saturated rings. The number of unbranched alkanes of at least 4 members (excludes halogenated alkanes) is 1. The van der Waals surface area contributed by atoms with Crippen LogP contribution in [-0.2, 0) is 11.3 Å². The van der Waals surface area contributed by atoms with Crippen molar-refractivity contribution in [1.29, 1.82) is 0 Å². The van der Waals surface area contributed by atoms with E-state index in [1.54, 1.807) is 10.9 Å². The third kappa shape index (κ3) is 5.30. The number of aliphatic hydroxyl groups excluding tert-OH is 1. The number of nitrogens with zero attached hydrogens (tertiary/aromatic N) is 2. The predicted molar refractivity (Wildman–Crippen MR) is 66.6 cm³/mol. The average Bonchev–Trinajstić information content (AvgIpc) is 2.73. The van der Waals surface area contributed by atoms with Crippen LogP contribution in [0, 0.1) is 0 Å². The van der Waals surface area contributed by atoms with Crippen LogP contribution in [0.1, 0.15) is 38.3 Å². The van der Waals surface area contributed by atoms with Crippen LogP contribution in [-0.4, -0.2) is 34.2 Å². The Morgan fingerprint density at radius 1 is 1.59 bits per heavy atom. The first kappa shape index (κ1) is 14.2. The molecule has 1 aromatic rings. The first-order chi connectivity index (χ1) is 8.13. The third-order valence-corrected chi connectivity index (χ3v) is 2.53. The molecule has 1 aromatic heterocycles. The monoisotopic (exact) mass is 241 g/mol. The summed E-state index contributed by atoms with van der Waals surface area (Å²) in [6.45, 7) is 5.52. The molecule has 1 unspecified atom stereocenters. The van der Waals surface area contributed by atoms with E-state index >= 15 is 0 Å². The van der Waals surface area contributed by atoms with Gasteiger partial charge in [0.15, 0.2) is 0 Å². The smallest absolute Gasteiger partial charge is 0.0968 e. The molecule has 0 spiro atoms. The minimum Gasteiger partial charge on any atom is -0.389 e. The minimum absolute atomic E-state index is 0.0262. The number of rotatable bonds is 8. The van der Waals surface area contributed by atoms with Gasteiger partial charge in [-0.15, -0.1) is 0 Å². The molecule has 0 aliphatic carbocycles. The van der Waals surface area contributed by atoms with E-state index in [0.717, 1.165) is 18.4 Å². The summed E-state index contributed by atoms with van der Waals surface area (Å²) in [5.41, 5.74) is 6.71. The highest BCUT2D eigenvalue weighted by Crippen LogP contribution is 2.07. The second-order valence-electron chi connectivity index (χ2n) is 4.37. The number of hydrogen-bond acceptors (Lipinski definition) is 4. The molecule has 0 aliphatic heterocycles. The maximum absolute atomic E-state index is 9.73. The van der Waals surface area contributed by atoms with Crippen molar-refractivity contribution in [3.63, 3.8) is 0 Å². The van der Waals surface area contributed by atoms with E-state index in [1.807, 2.05) is 13.1 Å². The summed E-state index contributed by atoms with van der Waals surface area (Å²) in [6, 6.07) is -0.0262. The zero-order valence-electron chi connectivity index (χ0n) is 10.7. The number of nitrogens with two attached hydrogens (primary N) is 1. The maximum atomic E-state index is 9.73. The van der Waals surface area contributed by atoms with Gasteiger partial charge in [0.05, 0.1) is 25.5 Å². The van der Waals surface area contributed by atoms with Gasteiger partial charge in [0.25, 0.3) is 0 Å². The van der Waals surface area contributed by atoms with Gasteiger partial charge in [0, 0.05) is 24.4 Å². The number of ether oxygens (including phenoxy) is 1. The van der Waals surface area contributed by atoms with Crippen molar-refractivity contribution in [2.24, 2.45) is 5.73 Å². The molecule has 2 atom stereocenters. The highest BCUT2D eigenvalue weighted by atomic mass is 16.5. The Bertz CT molecular complexity index is 312. The normalized spacial score (nSPS) is 14.8. The molecular formula is C12H23N3O2. The Labute approximate surface area is 103 Å². The molecule has 5 heteroatoms. The first-order valence-electron chi connectivity index (χ1n) is 6.17. The largest absolute Gasteiger partial charge is 0.389 e. The highest BCUT2D eigenvalue weighted by molar-refractivity contribution is 5.08. The van der Waals surface area contributed by atoms with E-state index in [0.29, 0.717) is 19.8 Å². The van der Waals surface area contributed by atoms with Crippen LogP contribution in [0.3, 0.4) is 0 Å². The lowest BCUT2D eigenvalue weighted by Gasteiger charge is -2.11. The quantitative estimate of drug-likeness (QED) is 0.668. The Kier molecular flexibility index (Phi) is 6.18. The van der Waals surface area contributed by atoms with Gasteiger partial charge in [-0.3, -0.25) is 4.68 Å². The van der Waals surface area contributed by atoms with Crippen molar-refractivity contribution in [2.75, 3.05) is 13.2 Å². The van der Waals surface area contributed by atoms with Gasteiger partial charge < -0.3 is 15.6 Å². The van der Waals surface area contributed by atoms with Crippen molar-refractivity contribution in [2.45, 2.75) is 45.4 Å². The number of aromatic nitrogens is 2. The number of hydrogen-bond donors (Lipinski definition) is 2. The molecule has 0 aliphatic rings. The molecule has 0 bridgehead atoms. The van der Waals surface area contributed by atoms with Crippen molar-refractivity contribution in [3.05, 3.63) is 18.0 Å². The van der Waals surface area contributed by atoms with Crippen LogP contribution in [0.25, 0.3) is 0 Å². The molecule has 0 amide bonds. The standard InChI is InChI=1S/C12H23N3O2/c1-3-4-5-17-9-12(16)8-15-7-11(6-14-15)10(2)13/h6-7,10,12,16H,3-5,8-9,13H2,1-2H3/t10-,12?/m1/s1. The number of aliphatic hydroxyl groups is 1. The summed E-state index contributed by atoms with van der Waals surface area (Å²) < 4.78 is 7.05. The van der Waals surface area contributed by atoms with Gasteiger partial charge >= 0.3 is 0 Å². The van der Waals surface area contributed by atoms with E-state index in [4.69, 9.17) is 10.5 Å². The summed E-state index contributed by atoms with van der Waals surface area (Å²) in [5.74, 6) is 0. The van der Waals surface area contributed by atoms with Crippen LogP contribution in [0.4, 0.5) is 0 Å². The zero-order chi connectivity index (χ0) is 12.7. The van der Waals surface area contributed by atoms with Crippen molar-refractivity contribution in [1.82, 2.24) is 9.78 Å². The second-order valence-corrected chi connectivity index (χ2v) is 4.37. The van der Waals surface area contributed by atoms with Gasteiger partial charge in [-0.05, 0) is 13.3 Å². The summed E-state index contributed by atoms with van der Waals surface area (Å²) in [7, 11) is 0. The fourth-order valence-electron chi connectivity index (χ4n) is 1.45. The Balaban J connectivity index is 2.27. The van der Waals surface area contributed by atoms with E-state index in [2.05, 4.69) is 12.0 Å². The lowest BCUT2D eigenvalue weighted by atomic mass is 10.2. The Morgan fingerprint density at radius 3 is 2.94 bits per heavy atom. The zero-order valence-corrected chi connectivity index (χ0v) is 10.7. The van der Waals surface area contributed by atoms with Gasteiger partial charge in [0.2, 0.25) is 0 Å². The van der Waals surface area contributed by atoms with Crippen LogP contribution >= 0.6 is 0 Å². The van der Waals surface area contributed by atoms with Gasteiger partial charge in [0.1, 0.15) is 0 Å². The molecule has 98 valence electrons. The van der Waals surface area contributed by atoms with E-state index in [9.17, 15) is 5.11 Å². The van der Waals surface area contributed by atoms with Crippen LogP contribution in [0.2, 0.25) is 0 Å². The molecule has 0 radical (unpaired) electrons. The highest BCUT2D eigenvalue weighted by Gasteiger charge is 2.08. The summed E-state index contributed by atoms with van der Waals surface area (Å²) in [4.78, 5) is 0. The molecule has 0 saturated carbocycles. The van der Waals surface area contributed by atoms with Gasteiger partial charge in [-0.2, -0.15) is 5.10 Å². The van der Waals surface area contributed by atoms with Crippen molar-refractivity contribution in [3.8, 4) is 0 Å². The summed E-state index contributed by atoms with van der Waals surface area (Å²) >= 11 is 0. The summed E-state index contributed by atoms with van der Waals surface area (Å²) in [6.07, 6.45) is 5.21. The van der Waals surface area contributed by atoms with Gasteiger partial charge in [-0.25, -0.2) is 0 Å². The third-order valence-electron chi connectivity index (χ3n) is 2.53. The predicted octanol–water partition coefficient (Wildman–Crippen LogP) is 1.08. The summed E-state index contributed by atoms with van der Waals surface area (Å²) in [5, 5.41) is 13.9. The fourth-order valence-corrected chi connectivity index (χ4v) is 1.45. The molecule has 1 rings (SSSR count). The van der Waals surface area contributed by atoms with E-state index < -0.39 is 6.10 Å². The topological polar surface area (TPSA) is 73.3 Å². The van der Waals surface area contributed by atoms with E-state index in [-0.39, 0.29) is 6.04 Å². The lowest BCUT2D eigenvalue weighted by molar-refractivity contribution is 0.0253. The fraction of sp³-hybridized carbons (Fsp3) is 0.750. The van der Waals surface area contributed by atoms with Crippen LogP contribution in [0.5, 0.6) is 0 Å². The molecular weight excluding hydrogens is 218 g/mol. The molecule has 5 nitrogen and oxygen atoms in total. The van der Waals surface area contributed by atoms with E-state index in [1.165, 1.54) is 0 Å². The minimum atomic E-state index is -0.521. The van der Waals surface area contributed by atoms with Crippen molar-refractivity contribution >= 4 is 0 Å². The Morgan fingerprint density at radius 2 is 2.35 bits per heavy atom. The van der Waals surface area contributed by atoms with Gasteiger partial charge in [-0.1, -0.05) is 13.3 Å². The Hall–Kier alpha value is -0.910. The van der Waals surface area contributed by atoms with Crippen LogP contribution < -0.4 is 5.73 Å². The molecule has 3 N–H and O–H groups in total. The van der Waals surface area contributed by atoms with Crippen molar-refractivity contribution < 1.29 is 9.84 Å². The first-order valence-corrected chi connectivity index (χ1v) is 6.17. The molecule has 0 saturated heterocycles. The second kappa shape index (κ2) is 7.42. The average molecular weight is 241 g/mol. The molecule has 0 aromatic carbocycles. The lowest BCUT2D eigenvalue weighted by Crippen LogP contribution is -2.22. The molecule has 1 heterocycles. The maximum Gasteiger partial charge on any atom is 0.0968 e. The molecule has 17 heavy (non-hydrogen) atoms. The SMILES string of the molecule is CCCCOCC(O)Cn1cc([C@@H](C)N)cn1. The van der Waals surface area contributed by atoms with Crippen LogP contribution in [0.15, 0.2) is 12.4 Å².